The van der Waals surface area contributed by atoms with Crippen molar-refractivity contribution in [2.75, 3.05) is 19.7 Å². The molecule has 1 aromatic heterocycles. The van der Waals surface area contributed by atoms with Gasteiger partial charge in [-0.2, -0.15) is 5.10 Å². The van der Waals surface area contributed by atoms with E-state index in [1.165, 1.54) is 29.8 Å². The number of ether oxygens (including phenoxy) is 1. The molecule has 0 spiro atoms. The third-order valence-corrected chi connectivity index (χ3v) is 3.41. The molecule has 0 saturated carbocycles. The first kappa shape index (κ1) is 14.8. The van der Waals surface area contributed by atoms with Crippen LogP contribution in [0.15, 0.2) is 0 Å². The van der Waals surface area contributed by atoms with Crippen molar-refractivity contribution in [3.05, 3.63) is 17.0 Å². The van der Waals surface area contributed by atoms with E-state index in [1.807, 2.05) is 0 Å². The Morgan fingerprint density at radius 2 is 2.18 bits per heavy atom. The number of aromatic amines is 1. The molecular formula is C11H19Cl2N3O. The van der Waals surface area contributed by atoms with E-state index in [4.69, 9.17) is 4.74 Å². The first-order valence-corrected chi connectivity index (χ1v) is 5.79. The van der Waals surface area contributed by atoms with Crippen molar-refractivity contribution in [2.24, 2.45) is 0 Å². The Morgan fingerprint density at radius 3 is 2.94 bits per heavy atom. The summed E-state index contributed by atoms with van der Waals surface area (Å²) in [4.78, 5) is 0. The van der Waals surface area contributed by atoms with Crippen molar-refractivity contribution in [3.63, 3.8) is 0 Å². The van der Waals surface area contributed by atoms with E-state index in [2.05, 4.69) is 15.5 Å². The van der Waals surface area contributed by atoms with E-state index in [0.717, 1.165) is 32.7 Å². The lowest BCUT2D eigenvalue weighted by Gasteiger charge is -2.23. The molecule has 3 rings (SSSR count). The number of hydrogen-bond donors (Lipinski definition) is 2. The van der Waals surface area contributed by atoms with Gasteiger partial charge in [0, 0.05) is 30.1 Å². The second-order valence-electron chi connectivity index (χ2n) is 4.41. The SMILES string of the molecule is C1CNCC(c2n[nH]c3c2COCC3)C1.Cl.Cl. The predicted molar refractivity (Wildman–Crippen MR) is 71.3 cm³/mol. The maximum absolute atomic E-state index is 5.51. The molecule has 0 bridgehead atoms. The van der Waals surface area contributed by atoms with Gasteiger partial charge < -0.3 is 10.1 Å². The van der Waals surface area contributed by atoms with E-state index in [-0.39, 0.29) is 24.8 Å². The minimum Gasteiger partial charge on any atom is -0.376 e. The second-order valence-corrected chi connectivity index (χ2v) is 4.41. The number of nitrogens with zero attached hydrogens (tertiary/aromatic N) is 1. The van der Waals surface area contributed by atoms with Crippen LogP contribution in [0.2, 0.25) is 0 Å². The van der Waals surface area contributed by atoms with E-state index < -0.39 is 0 Å². The monoisotopic (exact) mass is 279 g/mol. The molecule has 4 nitrogen and oxygen atoms in total. The van der Waals surface area contributed by atoms with Crippen molar-refractivity contribution in [1.29, 1.82) is 0 Å². The van der Waals surface area contributed by atoms with Gasteiger partial charge in [-0.25, -0.2) is 0 Å². The summed E-state index contributed by atoms with van der Waals surface area (Å²) in [6.45, 7) is 3.80. The fraction of sp³-hybridized carbons (Fsp3) is 0.727. The summed E-state index contributed by atoms with van der Waals surface area (Å²) in [6.07, 6.45) is 3.50. The first-order chi connectivity index (χ1) is 7.45. The molecule has 1 unspecified atom stereocenters. The van der Waals surface area contributed by atoms with Crippen LogP contribution < -0.4 is 5.32 Å². The van der Waals surface area contributed by atoms with Gasteiger partial charge in [-0.05, 0) is 19.4 Å². The number of aromatic nitrogens is 2. The van der Waals surface area contributed by atoms with E-state index >= 15 is 0 Å². The topological polar surface area (TPSA) is 49.9 Å². The summed E-state index contributed by atoms with van der Waals surface area (Å²) in [5, 5.41) is 11.1. The predicted octanol–water partition coefficient (Wildman–Crippen LogP) is 1.79. The zero-order valence-electron chi connectivity index (χ0n) is 9.70. The van der Waals surface area contributed by atoms with Crippen LogP contribution in [0, 0.1) is 0 Å². The Hall–Kier alpha value is -0.290. The number of rotatable bonds is 1. The van der Waals surface area contributed by atoms with Crippen LogP contribution in [0.4, 0.5) is 0 Å². The standard InChI is InChI=1S/C11H17N3O.2ClH/c1-2-8(6-12-4-1)11-9-7-15-5-3-10(9)13-14-11;;/h8,12H,1-7H2,(H,13,14);2*1H. The molecule has 1 fully saturated rings. The minimum atomic E-state index is 0. The Labute approximate surface area is 114 Å². The quantitative estimate of drug-likeness (QED) is 0.824. The lowest BCUT2D eigenvalue weighted by molar-refractivity contribution is 0.109. The van der Waals surface area contributed by atoms with Crippen LogP contribution in [0.5, 0.6) is 0 Å². The van der Waals surface area contributed by atoms with E-state index in [0.29, 0.717) is 5.92 Å². The summed E-state index contributed by atoms with van der Waals surface area (Å²) < 4.78 is 5.51. The molecule has 6 heteroatoms. The van der Waals surface area contributed by atoms with Crippen molar-refractivity contribution >= 4 is 24.8 Å². The van der Waals surface area contributed by atoms with Gasteiger partial charge >= 0.3 is 0 Å². The number of halogens is 2. The van der Waals surface area contributed by atoms with Crippen molar-refractivity contribution in [3.8, 4) is 0 Å². The average Bonchev–Trinajstić information content (AvgIpc) is 2.74. The lowest BCUT2D eigenvalue weighted by atomic mass is 9.92. The summed E-state index contributed by atoms with van der Waals surface area (Å²) in [7, 11) is 0. The molecule has 1 aromatic rings. The molecular weight excluding hydrogens is 261 g/mol. The fourth-order valence-corrected chi connectivity index (χ4v) is 2.56. The maximum Gasteiger partial charge on any atom is 0.0753 e. The van der Waals surface area contributed by atoms with Crippen LogP contribution in [0.25, 0.3) is 0 Å². The fourth-order valence-electron chi connectivity index (χ4n) is 2.56. The average molecular weight is 280 g/mol. The molecule has 98 valence electrons. The highest BCUT2D eigenvalue weighted by Gasteiger charge is 2.24. The first-order valence-electron chi connectivity index (χ1n) is 5.79. The normalized spacial score (nSPS) is 23.2. The molecule has 0 aromatic carbocycles. The van der Waals surface area contributed by atoms with Crippen molar-refractivity contribution in [1.82, 2.24) is 15.5 Å². The lowest BCUT2D eigenvalue weighted by Crippen LogP contribution is -2.29. The van der Waals surface area contributed by atoms with Crippen molar-refractivity contribution < 1.29 is 4.74 Å². The number of hydrogen-bond acceptors (Lipinski definition) is 3. The van der Waals surface area contributed by atoms with Crippen molar-refractivity contribution in [2.45, 2.75) is 31.8 Å². The molecule has 17 heavy (non-hydrogen) atoms. The second kappa shape index (κ2) is 6.59. The third-order valence-electron chi connectivity index (χ3n) is 3.41. The van der Waals surface area contributed by atoms with E-state index in [9.17, 15) is 0 Å². The molecule has 0 radical (unpaired) electrons. The van der Waals surface area contributed by atoms with Gasteiger partial charge in [-0.3, -0.25) is 5.10 Å². The molecule has 1 saturated heterocycles. The molecule has 2 N–H and O–H groups in total. The number of piperidine rings is 1. The molecule has 0 aliphatic carbocycles. The van der Waals surface area contributed by atoms with E-state index in [1.54, 1.807) is 0 Å². The summed E-state index contributed by atoms with van der Waals surface area (Å²) in [5.41, 5.74) is 3.87. The highest BCUT2D eigenvalue weighted by Crippen LogP contribution is 2.28. The Balaban J connectivity index is 0.000000722. The van der Waals surface area contributed by atoms with Gasteiger partial charge in [0.2, 0.25) is 0 Å². The summed E-state index contributed by atoms with van der Waals surface area (Å²) in [5.74, 6) is 0.584. The number of nitrogens with one attached hydrogen (secondary N) is 2. The van der Waals surface area contributed by atoms with Gasteiger partial charge in [-0.15, -0.1) is 24.8 Å². The Morgan fingerprint density at radius 1 is 1.29 bits per heavy atom. The maximum atomic E-state index is 5.51. The highest BCUT2D eigenvalue weighted by atomic mass is 35.5. The van der Waals surface area contributed by atoms with Crippen LogP contribution >= 0.6 is 24.8 Å². The van der Waals surface area contributed by atoms with Crippen LogP contribution in [-0.4, -0.2) is 29.9 Å². The van der Waals surface area contributed by atoms with Gasteiger partial charge in [0.15, 0.2) is 0 Å². The molecule has 3 heterocycles. The molecule has 2 aliphatic rings. The Kier molecular flexibility index (Phi) is 5.73. The Bertz CT molecular complexity index is 350. The smallest absolute Gasteiger partial charge is 0.0753 e. The highest BCUT2D eigenvalue weighted by molar-refractivity contribution is 5.85. The van der Waals surface area contributed by atoms with Gasteiger partial charge in [-0.1, -0.05) is 0 Å². The zero-order chi connectivity index (χ0) is 10.1. The van der Waals surface area contributed by atoms with Crippen LogP contribution in [-0.2, 0) is 17.8 Å². The summed E-state index contributed by atoms with van der Waals surface area (Å²) in [6, 6.07) is 0. The molecule has 1 atom stereocenters. The molecule has 0 amide bonds. The zero-order valence-corrected chi connectivity index (χ0v) is 11.3. The van der Waals surface area contributed by atoms with Crippen LogP contribution in [0.3, 0.4) is 0 Å². The minimum absolute atomic E-state index is 0. The largest absolute Gasteiger partial charge is 0.376 e. The number of fused-ring (bicyclic) bond motifs is 1. The van der Waals surface area contributed by atoms with Gasteiger partial charge in [0.1, 0.15) is 0 Å². The molecule has 2 aliphatic heterocycles. The third kappa shape index (κ3) is 2.94. The number of H-pyrrole nitrogens is 1. The van der Waals surface area contributed by atoms with Gasteiger partial charge in [0.25, 0.3) is 0 Å². The summed E-state index contributed by atoms with van der Waals surface area (Å²) >= 11 is 0. The van der Waals surface area contributed by atoms with Crippen LogP contribution in [0.1, 0.15) is 35.7 Å². The van der Waals surface area contributed by atoms with Gasteiger partial charge in [0.05, 0.1) is 18.9 Å².